The molecule has 0 aromatic heterocycles. The minimum atomic E-state index is -1.12. The number of ether oxygens (including phenoxy) is 2. The lowest BCUT2D eigenvalue weighted by molar-refractivity contribution is -0.161. The van der Waals surface area contributed by atoms with Crippen LogP contribution in [0.15, 0.2) is 12.2 Å². The molecule has 1 unspecified atom stereocenters. The van der Waals surface area contributed by atoms with Crippen LogP contribution in [0.5, 0.6) is 0 Å². The third kappa shape index (κ3) is 1.31. The van der Waals surface area contributed by atoms with E-state index < -0.39 is 17.4 Å². The average Bonchev–Trinajstić information content (AvgIpc) is 2.91. The lowest BCUT2D eigenvalue weighted by Crippen LogP contribution is -2.30. The molecule has 0 aromatic rings. The zero-order valence-electron chi connectivity index (χ0n) is 8.62. The van der Waals surface area contributed by atoms with Gasteiger partial charge in [0.2, 0.25) is 0 Å². The van der Waals surface area contributed by atoms with Crippen molar-refractivity contribution in [1.29, 1.82) is 0 Å². The molecular formula is C10H14O4. The first-order valence-electron chi connectivity index (χ1n) is 4.33. The Kier molecular flexibility index (Phi) is 2.64. The summed E-state index contributed by atoms with van der Waals surface area (Å²) in [7, 11) is 2.53. The fourth-order valence-electron chi connectivity index (χ4n) is 1.76. The van der Waals surface area contributed by atoms with Gasteiger partial charge in [-0.1, -0.05) is 12.2 Å². The van der Waals surface area contributed by atoms with Crippen LogP contribution in [0.25, 0.3) is 0 Å². The van der Waals surface area contributed by atoms with Gasteiger partial charge in [0.05, 0.1) is 14.2 Å². The van der Waals surface area contributed by atoms with Crippen LogP contribution in [0, 0.1) is 11.3 Å². The van der Waals surface area contributed by atoms with E-state index in [4.69, 9.17) is 0 Å². The highest BCUT2D eigenvalue weighted by atomic mass is 16.5. The Balaban J connectivity index is 2.91. The molecule has 4 nitrogen and oxygen atoms in total. The average molecular weight is 198 g/mol. The topological polar surface area (TPSA) is 52.6 Å². The van der Waals surface area contributed by atoms with Crippen molar-refractivity contribution in [2.45, 2.75) is 13.3 Å². The number of allylic oxidation sites excluding steroid dienone is 1. The molecule has 4 heteroatoms. The largest absolute Gasteiger partial charge is 0.468 e. The molecule has 0 aliphatic heterocycles. The molecule has 1 atom stereocenters. The zero-order valence-corrected chi connectivity index (χ0v) is 8.62. The molecule has 0 spiro atoms. The van der Waals surface area contributed by atoms with E-state index in [0.717, 1.165) is 5.57 Å². The van der Waals surface area contributed by atoms with Gasteiger partial charge in [0.25, 0.3) is 0 Å². The molecule has 0 radical (unpaired) electrons. The summed E-state index contributed by atoms with van der Waals surface area (Å²) in [6.45, 7) is 5.52. The van der Waals surface area contributed by atoms with Crippen molar-refractivity contribution in [2.75, 3.05) is 14.2 Å². The van der Waals surface area contributed by atoms with Gasteiger partial charge < -0.3 is 9.47 Å². The molecule has 1 saturated carbocycles. The molecule has 0 aromatic carbocycles. The number of rotatable bonds is 3. The van der Waals surface area contributed by atoms with Crippen LogP contribution in [0.2, 0.25) is 0 Å². The highest BCUT2D eigenvalue weighted by molar-refractivity contribution is 6.04. The first kappa shape index (κ1) is 10.8. The Bertz CT molecular complexity index is 276. The molecule has 0 N–H and O–H groups in total. The SMILES string of the molecule is C=C(C)C1CC1(C(=O)OC)C(=O)OC. The van der Waals surface area contributed by atoms with Gasteiger partial charge in [-0.2, -0.15) is 0 Å². The van der Waals surface area contributed by atoms with E-state index in [-0.39, 0.29) is 5.92 Å². The number of methoxy groups -OCH3 is 2. The van der Waals surface area contributed by atoms with E-state index in [0.29, 0.717) is 6.42 Å². The predicted octanol–water partition coefficient (Wildman–Crippen LogP) is 0.915. The molecule has 1 aliphatic rings. The lowest BCUT2D eigenvalue weighted by atomic mass is 10.0. The molecular weight excluding hydrogens is 184 g/mol. The fraction of sp³-hybridized carbons (Fsp3) is 0.600. The summed E-state index contributed by atoms with van der Waals surface area (Å²) in [5, 5.41) is 0. The van der Waals surface area contributed by atoms with Gasteiger partial charge in [-0.25, -0.2) is 0 Å². The Hall–Kier alpha value is -1.32. The first-order chi connectivity index (χ1) is 6.50. The summed E-state index contributed by atoms with van der Waals surface area (Å²) < 4.78 is 9.20. The standard InChI is InChI=1S/C10H14O4/c1-6(2)7-5-10(7,8(11)13-3)9(12)14-4/h7H,1,5H2,2-4H3. The number of carbonyl (C=O) groups excluding carboxylic acids is 2. The summed E-state index contributed by atoms with van der Waals surface area (Å²) in [5.41, 5.74) is -0.309. The van der Waals surface area contributed by atoms with Crippen LogP contribution >= 0.6 is 0 Å². The van der Waals surface area contributed by atoms with Crippen molar-refractivity contribution in [3.63, 3.8) is 0 Å². The van der Waals surface area contributed by atoms with E-state index in [1.54, 1.807) is 6.92 Å². The quantitative estimate of drug-likeness (QED) is 0.384. The number of hydrogen-bond acceptors (Lipinski definition) is 4. The molecule has 78 valence electrons. The molecule has 0 bridgehead atoms. The van der Waals surface area contributed by atoms with E-state index in [2.05, 4.69) is 16.1 Å². The highest BCUT2D eigenvalue weighted by Crippen LogP contribution is 2.57. The van der Waals surface area contributed by atoms with Crippen molar-refractivity contribution < 1.29 is 19.1 Å². The van der Waals surface area contributed by atoms with Gasteiger partial charge in [0.15, 0.2) is 5.41 Å². The molecule has 1 aliphatic carbocycles. The summed E-state index contributed by atoms with van der Waals surface area (Å²) >= 11 is 0. The second kappa shape index (κ2) is 3.44. The monoisotopic (exact) mass is 198 g/mol. The van der Waals surface area contributed by atoms with Gasteiger partial charge in [-0.05, 0) is 13.3 Å². The minimum absolute atomic E-state index is 0.137. The van der Waals surface area contributed by atoms with Crippen LogP contribution in [-0.2, 0) is 19.1 Å². The smallest absolute Gasteiger partial charge is 0.323 e. The van der Waals surface area contributed by atoms with Crippen LogP contribution in [0.4, 0.5) is 0 Å². The maximum absolute atomic E-state index is 11.4. The Morgan fingerprint density at radius 2 is 1.71 bits per heavy atom. The molecule has 14 heavy (non-hydrogen) atoms. The van der Waals surface area contributed by atoms with E-state index in [1.165, 1.54) is 14.2 Å². The van der Waals surface area contributed by atoms with Gasteiger partial charge >= 0.3 is 11.9 Å². The summed E-state index contributed by atoms with van der Waals surface area (Å²) in [6, 6.07) is 0. The number of esters is 2. The van der Waals surface area contributed by atoms with E-state index >= 15 is 0 Å². The van der Waals surface area contributed by atoms with Crippen molar-refractivity contribution in [1.82, 2.24) is 0 Å². The first-order valence-corrected chi connectivity index (χ1v) is 4.33. The number of hydrogen-bond donors (Lipinski definition) is 0. The Labute approximate surface area is 82.9 Å². The third-order valence-corrected chi connectivity index (χ3v) is 2.65. The second-order valence-electron chi connectivity index (χ2n) is 3.56. The summed E-state index contributed by atoms with van der Waals surface area (Å²) in [5.74, 6) is -1.20. The van der Waals surface area contributed by atoms with Crippen LogP contribution < -0.4 is 0 Å². The van der Waals surface area contributed by atoms with Crippen LogP contribution in [0.3, 0.4) is 0 Å². The second-order valence-corrected chi connectivity index (χ2v) is 3.56. The van der Waals surface area contributed by atoms with Crippen molar-refractivity contribution >= 4 is 11.9 Å². The van der Waals surface area contributed by atoms with Crippen LogP contribution in [0.1, 0.15) is 13.3 Å². The Morgan fingerprint density at radius 3 is 1.93 bits per heavy atom. The third-order valence-electron chi connectivity index (χ3n) is 2.65. The minimum Gasteiger partial charge on any atom is -0.468 e. The molecule has 1 rings (SSSR count). The van der Waals surface area contributed by atoms with E-state index in [9.17, 15) is 9.59 Å². The predicted molar refractivity (Wildman–Crippen MR) is 49.4 cm³/mol. The molecule has 1 fully saturated rings. The van der Waals surface area contributed by atoms with Crippen molar-refractivity contribution in [2.24, 2.45) is 11.3 Å². The fourth-order valence-corrected chi connectivity index (χ4v) is 1.76. The Morgan fingerprint density at radius 1 is 1.29 bits per heavy atom. The highest BCUT2D eigenvalue weighted by Gasteiger charge is 2.68. The number of carbonyl (C=O) groups is 2. The maximum atomic E-state index is 11.4. The van der Waals surface area contributed by atoms with Crippen LogP contribution in [-0.4, -0.2) is 26.2 Å². The molecule has 0 saturated heterocycles. The summed E-state index contributed by atoms with van der Waals surface area (Å²) in [6.07, 6.45) is 0.446. The summed E-state index contributed by atoms with van der Waals surface area (Å²) in [4.78, 5) is 22.9. The normalized spacial score (nSPS) is 22.4. The van der Waals surface area contributed by atoms with Crippen molar-refractivity contribution in [3.05, 3.63) is 12.2 Å². The van der Waals surface area contributed by atoms with Gasteiger partial charge in [-0.3, -0.25) is 9.59 Å². The molecule has 0 heterocycles. The van der Waals surface area contributed by atoms with E-state index in [1.807, 2.05) is 0 Å². The lowest BCUT2D eigenvalue weighted by Gasteiger charge is -2.11. The van der Waals surface area contributed by atoms with Gasteiger partial charge in [0.1, 0.15) is 0 Å². The maximum Gasteiger partial charge on any atom is 0.323 e. The van der Waals surface area contributed by atoms with Gasteiger partial charge in [0, 0.05) is 5.92 Å². The molecule has 0 amide bonds. The van der Waals surface area contributed by atoms with Gasteiger partial charge in [-0.15, -0.1) is 0 Å². The zero-order chi connectivity index (χ0) is 10.9. The van der Waals surface area contributed by atoms with Crippen molar-refractivity contribution in [3.8, 4) is 0 Å².